The molecule has 0 saturated carbocycles. The van der Waals surface area contributed by atoms with Gasteiger partial charge in [-0.3, -0.25) is 4.79 Å². The maximum atomic E-state index is 11.5. The Morgan fingerprint density at radius 1 is 1.00 bits per heavy atom. The minimum atomic E-state index is -0.0391. The Labute approximate surface area is 159 Å². The van der Waals surface area contributed by atoms with Crippen LogP contribution < -0.4 is 16.0 Å². The van der Waals surface area contributed by atoms with Crippen LogP contribution in [0.1, 0.15) is 5.56 Å². The molecule has 132 valence electrons. The lowest BCUT2D eigenvalue weighted by Gasteiger charge is -2.09. The normalized spacial score (nSPS) is 10.2. The van der Waals surface area contributed by atoms with Crippen molar-refractivity contribution in [1.82, 2.24) is 20.3 Å². The van der Waals surface area contributed by atoms with Gasteiger partial charge in [0.2, 0.25) is 17.8 Å². The van der Waals surface area contributed by atoms with Crippen molar-refractivity contribution in [1.29, 1.82) is 0 Å². The zero-order valence-corrected chi connectivity index (χ0v) is 15.6. The number of aromatic nitrogens is 3. The molecule has 0 aliphatic carbocycles. The van der Waals surface area contributed by atoms with Gasteiger partial charge in [0, 0.05) is 22.9 Å². The lowest BCUT2D eigenvalue weighted by Crippen LogP contribution is -2.19. The number of benzene rings is 2. The molecule has 0 saturated heterocycles. The summed E-state index contributed by atoms with van der Waals surface area (Å²) < 4.78 is 0.961. The largest absolute Gasteiger partial charge is 0.359 e. The number of hydrogen-bond acceptors (Lipinski definition) is 6. The third kappa shape index (κ3) is 5.00. The second-order valence-electron chi connectivity index (χ2n) is 5.44. The van der Waals surface area contributed by atoms with Crippen LogP contribution in [0.25, 0.3) is 0 Å². The quantitative estimate of drug-likeness (QED) is 0.574. The van der Waals surface area contributed by atoms with Crippen LogP contribution in [0.5, 0.6) is 0 Å². The van der Waals surface area contributed by atoms with Crippen LogP contribution in [0.15, 0.2) is 59.3 Å². The Kier molecular flexibility index (Phi) is 5.75. The highest BCUT2D eigenvalue weighted by molar-refractivity contribution is 9.10. The van der Waals surface area contributed by atoms with E-state index in [0.29, 0.717) is 18.3 Å². The summed E-state index contributed by atoms with van der Waals surface area (Å²) in [7, 11) is 1.62. The van der Waals surface area contributed by atoms with Crippen molar-refractivity contribution >= 4 is 45.1 Å². The fraction of sp³-hybridized carbons (Fsp3) is 0.111. The van der Waals surface area contributed by atoms with Crippen molar-refractivity contribution in [3.63, 3.8) is 0 Å². The molecule has 0 radical (unpaired) electrons. The summed E-state index contributed by atoms with van der Waals surface area (Å²) in [6.07, 6.45) is 1.75. The van der Waals surface area contributed by atoms with E-state index in [9.17, 15) is 4.79 Å². The first-order chi connectivity index (χ1) is 12.6. The van der Waals surface area contributed by atoms with Crippen molar-refractivity contribution in [2.24, 2.45) is 0 Å². The Balaban J connectivity index is 1.72. The summed E-state index contributed by atoms with van der Waals surface area (Å²) in [5, 5.41) is 8.87. The molecule has 0 spiro atoms. The topological polar surface area (TPSA) is 91.8 Å². The van der Waals surface area contributed by atoms with Gasteiger partial charge in [-0.15, -0.1) is 0 Å². The van der Waals surface area contributed by atoms with E-state index in [2.05, 4.69) is 46.8 Å². The van der Waals surface area contributed by atoms with Crippen LogP contribution in [0.4, 0.5) is 23.3 Å². The average Bonchev–Trinajstić information content (AvgIpc) is 2.62. The second kappa shape index (κ2) is 8.39. The predicted octanol–water partition coefficient (Wildman–Crippen LogP) is 3.41. The van der Waals surface area contributed by atoms with Crippen LogP contribution in [0.3, 0.4) is 0 Å². The highest BCUT2D eigenvalue weighted by atomic mass is 79.9. The van der Waals surface area contributed by atoms with Gasteiger partial charge >= 0.3 is 0 Å². The van der Waals surface area contributed by atoms with Gasteiger partial charge in [0.05, 0.1) is 6.42 Å². The molecule has 1 amide bonds. The number of nitrogens with zero attached hydrogens (tertiary/aromatic N) is 3. The molecule has 1 aromatic heterocycles. The minimum absolute atomic E-state index is 0.0391. The Morgan fingerprint density at radius 3 is 2.31 bits per heavy atom. The lowest BCUT2D eigenvalue weighted by molar-refractivity contribution is -0.119. The third-order valence-corrected chi connectivity index (χ3v) is 3.97. The molecule has 0 bridgehead atoms. The first kappa shape index (κ1) is 17.8. The van der Waals surface area contributed by atoms with E-state index in [0.717, 1.165) is 21.4 Å². The van der Waals surface area contributed by atoms with Crippen molar-refractivity contribution in [3.05, 3.63) is 64.9 Å². The van der Waals surface area contributed by atoms with E-state index in [1.807, 2.05) is 48.5 Å². The van der Waals surface area contributed by atoms with Gasteiger partial charge in [-0.1, -0.05) is 34.1 Å². The number of carbonyl (C=O) groups excluding carboxylic acids is 1. The second-order valence-corrected chi connectivity index (χ2v) is 6.36. The molecule has 8 heteroatoms. The Hall–Kier alpha value is -3.00. The maximum absolute atomic E-state index is 11.5. The zero-order valence-electron chi connectivity index (χ0n) is 14.0. The molecule has 0 atom stereocenters. The van der Waals surface area contributed by atoms with Crippen molar-refractivity contribution in [3.8, 4) is 0 Å². The summed E-state index contributed by atoms with van der Waals surface area (Å²) in [6, 6.07) is 15.3. The Morgan fingerprint density at radius 2 is 1.65 bits per heavy atom. The first-order valence-electron chi connectivity index (χ1n) is 7.90. The van der Waals surface area contributed by atoms with Gasteiger partial charge in [0.1, 0.15) is 6.33 Å². The van der Waals surface area contributed by atoms with Gasteiger partial charge in [0.25, 0.3) is 0 Å². The molecule has 3 N–H and O–H groups in total. The molecule has 0 aliphatic heterocycles. The van der Waals surface area contributed by atoms with Gasteiger partial charge < -0.3 is 16.0 Å². The Bertz CT molecular complexity index is 917. The number of rotatable bonds is 6. The molecule has 1 heterocycles. The van der Waals surface area contributed by atoms with Crippen LogP contribution in [0, 0.1) is 0 Å². The average molecular weight is 413 g/mol. The van der Waals surface area contributed by atoms with Crippen LogP contribution in [-0.2, 0) is 11.2 Å². The number of anilines is 4. The molecule has 7 nitrogen and oxygen atoms in total. The van der Waals surface area contributed by atoms with Gasteiger partial charge in [-0.25, -0.2) is 9.97 Å². The molecule has 0 aliphatic rings. The maximum Gasteiger partial charge on any atom is 0.232 e. The lowest BCUT2D eigenvalue weighted by atomic mass is 10.1. The summed E-state index contributed by atoms with van der Waals surface area (Å²) in [6.45, 7) is 0. The van der Waals surface area contributed by atoms with Crippen LogP contribution >= 0.6 is 15.9 Å². The molecule has 3 rings (SSSR count). The first-order valence-corrected chi connectivity index (χ1v) is 8.70. The summed E-state index contributed by atoms with van der Waals surface area (Å²) in [4.78, 5) is 24.1. The van der Waals surface area contributed by atoms with Gasteiger partial charge in [0.15, 0.2) is 0 Å². The molecular weight excluding hydrogens is 396 g/mol. The van der Waals surface area contributed by atoms with Gasteiger partial charge in [-0.05, 0) is 35.9 Å². The van der Waals surface area contributed by atoms with Crippen molar-refractivity contribution in [2.45, 2.75) is 6.42 Å². The minimum Gasteiger partial charge on any atom is -0.359 e. The fourth-order valence-electron chi connectivity index (χ4n) is 2.27. The van der Waals surface area contributed by atoms with E-state index in [1.165, 1.54) is 6.33 Å². The van der Waals surface area contributed by atoms with E-state index in [4.69, 9.17) is 0 Å². The molecule has 2 aromatic carbocycles. The monoisotopic (exact) mass is 412 g/mol. The SMILES string of the molecule is CNC(=O)Cc1cccc(Nc2ncnc(Nc3cccc(Br)c3)n2)c1. The highest BCUT2D eigenvalue weighted by Gasteiger charge is 2.05. The summed E-state index contributed by atoms with van der Waals surface area (Å²) in [5.74, 6) is 0.805. The summed E-state index contributed by atoms with van der Waals surface area (Å²) >= 11 is 3.43. The molecule has 26 heavy (non-hydrogen) atoms. The standard InChI is InChI=1S/C18H17BrN6O/c1-20-16(26)9-12-4-2-6-14(8-12)23-17-21-11-22-18(25-17)24-15-7-3-5-13(19)10-15/h2-8,10-11H,9H2,1H3,(H,20,26)(H2,21,22,23,24,25). The number of halogens is 1. The van der Waals surface area contributed by atoms with E-state index < -0.39 is 0 Å². The van der Waals surface area contributed by atoms with E-state index in [1.54, 1.807) is 7.05 Å². The third-order valence-electron chi connectivity index (χ3n) is 3.48. The number of nitrogens with one attached hydrogen (secondary N) is 3. The number of likely N-dealkylation sites (N-methyl/N-ethyl adjacent to an activating group) is 1. The molecule has 0 unspecified atom stereocenters. The van der Waals surface area contributed by atoms with Gasteiger partial charge in [-0.2, -0.15) is 4.98 Å². The summed E-state index contributed by atoms with van der Waals surface area (Å²) in [5.41, 5.74) is 2.56. The molecule has 0 fully saturated rings. The smallest absolute Gasteiger partial charge is 0.232 e. The number of amides is 1. The van der Waals surface area contributed by atoms with Crippen LogP contribution in [0.2, 0.25) is 0 Å². The molecule has 3 aromatic rings. The molecular formula is C18H17BrN6O. The van der Waals surface area contributed by atoms with Crippen molar-refractivity contribution < 1.29 is 4.79 Å². The van der Waals surface area contributed by atoms with E-state index >= 15 is 0 Å². The van der Waals surface area contributed by atoms with E-state index in [-0.39, 0.29) is 5.91 Å². The number of hydrogen-bond donors (Lipinski definition) is 3. The zero-order chi connectivity index (χ0) is 18.4. The number of carbonyl (C=O) groups is 1. The van der Waals surface area contributed by atoms with Crippen LogP contribution in [-0.4, -0.2) is 27.9 Å². The highest BCUT2D eigenvalue weighted by Crippen LogP contribution is 2.20. The van der Waals surface area contributed by atoms with Crippen molar-refractivity contribution in [2.75, 3.05) is 17.7 Å². The fourth-order valence-corrected chi connectivity index (χ4v) is 2.67. The predicted molar refractivity (Wildman–Crippen MR) is 105 cm³/mol.